The summed E-state index contributed by atoms with van der Waals surface area (Å²) in [7, 11) is 0. The number of allylic oxidation sites excluding steroid dienone is 2. The lowest BCUT2D eigenvalue weighted by atomic mass is 9.70. The lowest BCUT2D eigenvalue weighted by Gasteiger charge is -2.34. The Morgan fingerprint density at radius 3 is 2.69 bits per heavy atom. The van der Waals surface area contributed by atoms with Crippen molar-refractivity contribution in [2.45, 2.75) is 53.4 Å². The SMILES string of the molecule is C#CCC[C@@]1(C)C(C)=C[C@@H]2CC(C)(C)C[C@@H]21. The maximum absolute atomic E-state index is 5.43. The highest BCUT2D eigenvalue weighted by atomic mass is 14.6. The Bertz CT molecular complexity index is 353. The second kappa shape index (κ2) is 3.66. The van der Waals surface area contributed by atoms with Crippen LogP contribution in [0.2, 0.25) is 0 Å². The third kappa shape index (κ3) is 1.71. The lowest BCUT2D eigenvalue weighted by molar-refractivity contribution is 0.207. The van der Waals surface area contributed by atoms with E-state index < -0.39 is 0 Å². The Hall–Kier alpha value is -0.700. The highest BCUT2D eigenvalue weighted by molar-refractivity contribution is 5.25. The minimum Gasteiger partial charge on any atom is -0.120 e. The molecule has 0 heterocycles. The molecule has 0 radical (unpaired) electrons. The van der Waals surface area contributed by atoms with Crippen LogP contribution >= 0.6 is 0 Å². The fourth-order valence-electron chi connectivity index (χ4n) is 4.00. The minimum absolute atomic E-state index is 0.380. The van der Waals surface area contributed by atoms with Gasteiger partial charge >= 0.3 is 0 Å². The van der Waals surface area contributed by atoms with E-state index in [0.717, 1.165) is 18.3 Å². The minimum atomic E-state index is 0.380. The Kier molecular flexibility index (Phi) is 2.69. The molecule has 3 atom stereocenters. The Labute approximate surface area is 101 Å². The van der Waals surface area contributed by atoms with Crippen molar-refractivity contribution in [3.8, 4) is 12.3 Å². The van der Waals surface area contributed by atoms with Gasteiger partial charge < -0.3 is 0 Å². The van der Waals surface area contributed by atoms with Crippen molar-refractivity contribution in [3.05, 3.63) is 11.6 Å². The fourth-order valence-corrected chi connectivity index (χ4v) is 4.00. The second-order valence-electron chi connectivity index (χ2n) is 6.81. The monoisotopic (exact) mass is 216 g/mol. The van der Waals surface area contributed by atoms with Gasteiger partial charge in [0.25, 0.3) is 0 Å². The average molecular weight is 216 g/mol. The zero-order valence-corrected chi connectivity index (χ0v) is 11.1. The van der Waals surface area contributed by atoms with Gasteiger partial charge in [0.05, 0.1) is 0 Å². The summed E-state index contributed by atoms with van der Waals surface area (Å²) in [6.07, 6.45) is 12.8. The van der Waals surface area contributed by atoms with E-state index in [1.165, 1.54) is 19.3 Å². The first-order valence-electron chi connectivity index (χ1n) is 6.51. The van der Waals surface area contributed by atoms with Crippen molar-refractivity contribution in [3.63, 3.8) is 0 Å². The molecule has 0 aliphatic heterocycles. The van der Waals surface area contributed by atoms with Gasteiger partial charge in [0, 0.05) is 6.42 Å². The molecular weight excluding hydrogens is 192 g/mol. The molecule has 2 aliphatic carbocycles. The van der Waals surface area contributed by atoms with Crippen LogP contribution in [0.5, 0.6) is 0 Å². The third-order valence-corrected chi connectivity index (χ3v) is 5.05. The van der Waals surface area contributed by atoms with Crippen molar-refractivity contribution < 1.29 is 0 Å². The molecule has 0 heteroatoms. The van der Waals surface area contributed by atoms with E-state index in [1.807, 2.05) is 0 Å². The summed E-state index contributed by atoms with van der Waals surface area (Å²) in [5.41, 5.74) is 2.50. The van der Waals surface area contributed by atoms with Crippen LogP contribution in [0.4, 0.5) is 0 Å². The molecule has 0 aromatic heterocycles. The molecule has 88 valence electrons. The van der Waals surface area contributed by atoms with E-state index in [1.54, 1.807) is 5.57 Å². The highest BCUT2D eigenvalue weighted by Gasteiger charge is 2.51. The third-order valence-electron chi connectivity index (χ3n) is 5.05. The van der Waals surface area contributed by atoms with Gasteiger partial charge in [-0.3, -0.25) is 0 Å². The van der Waals surface area contributed by atoms with E-state index >= 15 is 0 Å². The van der Waals surface area contributed by atoms with Crippen LogP contribution in [-0.4, -0.2) is 0 Å². The van der Waals surface area contributed by atoms with Crippen LogP contribution in [0.3, 0.4) is 0 Å². The molecule has 0 amide bonds. The topological polar surface area (TPSA) is 0 Å². The molecule has 2 aliphatic rings. The molecule has 0 unspecified atom stereocenters. The van der Waals surface area contributed by atoms with Crippen LogP contribution in [0, 0.1) is 35.0 Å². The molecule has 0 aromatic carbocycles. The van der Waals surface area contributed by atoms with Crippen LogP contribution in [-0.2, 0) is 0 Å². The van der Waals surface area contributed by atoms with Gasteiger partial charge in [0.1, 0.15) is 0 Å². The van der Waals surface area contributed by atoms with E-state index in [-0.39, 0.29) is 0 Å². The molecule has 0 nitrogen and oxygen atoms in total. The number of hydrogen-bond acceptors (Lipinski definition) is 0. The Morgan fingerprint density at radius 2 is 2.06 bits per heavy atom. The molecule has 16 heavy (non-hydrogen) atoms. The van der Waals surface area contributed by atoms with E-state index in [2.05, 4.69) is 39.7 Å². The van der Waals surface area contributed by atoms with Crippen molar-refractivity contribution >= 4 is 0 Å². The molecule has 0 aromatic rings. The zero-order chi connectivity index (χ0) is 12.0. The predicted molar refractivity (Wildman–Crippen MR) is 69.9 cm³/mol. The average Bonchev–Trinajstić information content (AvgIpc) is 2.59. The largest absolute Gasteiger partial charge is 0.120 e. The Morgan fingerprint density at radius 1 is 1.38 bits per heavy atom. The van der Waals surface area contributed by atoms with E-state index in [0.29, 0.717) is 10.8 Å². The zero-order valence-electron chi connectivity index (χ0n) is 11.1. The van der Waals surface area contributed by atoms with Crippen LogP contribution in [0.1, 0.15) is 53.4 Å². The van der Waals surface area contributed by atoms with Crippen LogP contribution in [0.25, 0.3) is 0 Å². The number of terminal acetylenes is 1. The number of hydrogen-bond donors (Lipinski definition) is 0. The first kappa shape index (κ1) is 11.8. The number of fused-ring (bicyclic) bond motifs is 1. The first-order chi connectivity index (χ1) is 7.39. The van der Waals surface area contributed by atoms with E-state index in [9.17, 15) is 0 Å². The predicted octanol–water partition coefficient (Wildman–Crippen LogP) is 4.42. The van der Waals surface area contributed by atoms with Crippen molar-refractivity contribution in [2.75, 3.05) is 0 Å². The molecular formula is C16H24. The quantitative estimate of drug-likeness (QED) is 0.473. The van der Waals surface area contributed by atoms with Gasteiger partial charge in [-0.1, -0.05) is 32.4 Å². The summed E-state index contributed by atoms with van der Waals surface area (Å²) in [6.45, 7) is 9.57. The van der Waals surface area contributed by atoms with Crippen molar-refractivity contribution in [1.82, 2.24) is 0 Å². The summed E-state index contributed by atoms with van der Waals surface area (Å²) in [6, 6.07) is 0. The van der Waals surface area contributed by atoms with Crippen LogP contribution < -0.4 is 0 Å². The maximum atomic E-state index is 5.43. The molecule has 1 fully saturated rings. The maximum Gasteiger partial charge on any atom is 0.00944 e. The van der Waals surface area contributed by atoms with Gasteiger partial charge in [-0.25, -0.2) is 0 Å². The van der Waals surface area contributed by atoms with Gasteiger partial charge in [0.2, 0.25) is 0 Å². The van der Waals surface area contributed by atoms with Crippen molar-refractivity contribution in [2.24, 2.45) is 22.7 Å². The van der Waals surface area contributed by atoms with Crippen LogP contribution in [0.15, 0.2) is 11.6 Å². The molecule has 1 saturated carbocycles. The van der Waals surface area contributed by atoms with Gasteiger partial charge in [-0.2, -0.15) is 0 Å². The molecule has 2 rings (SSSR count). The molecule has 0 N–H and O–H groups in total. The highest BCUT2D eigenvalue weighted by Crippen LogP contribution is 2.60. The summed E-state index contributed by atoms with van der Waals surface area (Å²) in [5.74, 6) is 4.47. The van der Waals surface area contributed by atoms with Gasteiger partial charge in [-0.05, 0) is 48.9 Å². The van der Waals surface area contributed by atoms with Gasteiger partial charge in [0.15, 0.2) is 0 Å². The second-order valence-corrected chi connectivity index (χ2v) is 6.81. The smallest absolute Gasteiger partial charge is 0.00944 e. The standard InChI is InChI=1S/C16H24/c1-6-7-8-16(5)12(2)9-13-10-15(3,4)11-14(13)16/h1,9,13-14H,7-8,10-11H2,2-5H3/t13-,14+,16+/m1/s1. The summed E-state index contributed by atoms with van der Waals surface area (Å²) in [4.78, 5) is 0. The molecule has 0 bridgehead atoms. The molecule has 0 saturated heterocycles. The normalized spacial score (nSPS) is 40.3. The molecule has 0 spiro atoms. The Balaban J connectivity index is 2.21. The fraction of sp³-hybridized carbons (Fsp3) is 0.750. The summed E-state index contributed by atoms with van der Waals surface area (Å²) >= 11 is 0. The summed E-state index contributed by atoms with van der Waals surface area (Å²) < 4.78 is 0. The summed E-state index contributed by atoms with van der Waals surface area (Å²) in [5, 5.41) is 0. The lowest BCUT2D eigenvalue weighted by Crippen LogP contribution is -2.26. The first-order valence-corrected chi connectivity index (χ1v) is 6.51. The van der Waals surface area contributed by atoms with Gasteiger partial charge in [-0.15, -0.1) is 12.3 Å². The van der Waals surface area contributed by atoms with E-state index in [4.69, 9.17) is 6.42 Å². The number of rotatable bonds is 2. The van der Waals surface area contributed by atoms with Crippen molar-refractivity contribution in [1.29, 1.82) is 0 Å².